The highest BCUT2D eigenvalue weighted by Crippen LogP contribution is 2.53. The van der Waals surface area contributed by atoms with Gasteiger partial charge in [0, 0.05) is 48.1 Å². The van der Waals surface area contributed by atoms with Gasteiger partial charge in [-0.1, -0.05) is 18.2 Å². The van der Waals surface area contributed by atoms with Crippen LogP contribution in [0.2, 0.25) is 0 Å². The summed E-state index contributed by atoms with van der Waals surface area (Å²) in [6.07, 6.45) is 13.7. The van der Waals surface area contributed by atoms with Crippen molar-refractivity contribution in [3.05, 3.63) is 49.0 Å². The van der Waals surface area contributed by atoms with E-state index >= 15 is 0 Å². The molecule has 112 valence electrons. The predicted molar refractivity (Wildman–Crippen MR) is 90.0 cm³/mol. The second kappa shape index (κ2) is 5.39. The van der Waals surface area contributed by atoms with Crippen LogP contribution in [0.25, 0.3) is 0 Å². The molecule has 1 saturated heterocycles. The van der Waals surface area contributed by atoms with Crippen molar-refractivity contribution in [3.8, 4) is 0 Å². The lowest BCUT2D eigenvalue weighted by atomic mass is 9.73. The number of hydrogen-bond acceptors (Lipinski definition) is 4. The lowest BCUT2D eigenvalue weighted by Crippen LogP contribution is -2.44. The van der Waals surface area contributed by atoms with Gasteiger partial charge in [-0.05, 0) is 18.6 Å². The van der Waals surface area contributed by atoms with Crippen molar-refractivity contribution in [2.24, 2.45) is 16.8 Å². The SMILES string of the molecule is O=C(Nc1ccncc1)C1CSC23CC=CCC2=NC=CC13. The van der Waals surface area contributed by atoms with Gasteiger partial charge < -0.3 is 5.32 Å². The number of carbonyl (C=O) groups is 1. The number of nitrogens with one attached hydrogen (secondary N) is 1. The molecule has 1 aromatic rings. The highest BCUT2D eigenvalue weighted by molar-refractivity contribution is 8.01. The third-order valence-corrected chi connectivity index (χ3v) is 6.40. The number of anilines is 1. The standard InChI is InChI=1S/C17H17N3OS/c21-16(20-12-4-8-18-9-5-12)13-11-22-17-7-2-1-3-15(17)19-10-6-14(13)17/h1-2,4-6,8-10,13-14H,3,7,11H2,(H,18,20,21). The number of carbonyl (C=O) groups excluding carboxylic acids is 1. The maximum Gasteiger partial charge on any atom is 0.228 e. The fraction of sp³-hybridized carbons (Fsp3) is 0.353. The summed E-state index contributed by atoms with van der Waals surface area (Å²) in [5.74, 6) is 1.17. The van der Waals surface area contributed by atoms with Crippen LogP contribution in [0.15, 0.2) is 53.9 Å². The largest absolute Gasteiger partial charge is 0.326 e. The molecular formula is C17H17N3OS. The molecule has 3 aliphatic rings. The summed E-state index contributed by atoms with van der Waals surface area (Å²) in [6, 6.07) is 3.64. The zero-order chi connectivity index (χ0) is 15.0. The zero-order valence-electron chi connectivity index (χ0n) is 12.1. The van der Waals surface area contributed by atoms with E-state index in [1.807, 2.05) is 30.1 Å². The van der Waals surface area contributed by atoms with Gasteiger partial charge in [-0.25, -0.2) is 0 Å². The van der Waals surface area contributed by atoms with Gasteiger partial charge in [0.15, 0.2) is 0 Å². The molecule has 1 amide bonds. The molecular weight excluding hydrogens is 294 g/mol. The topological polar surface area (TPSA) is 54.4 Å². The quantitative estimate of drug-likeness (QED) is 0.854. The molecule has 0 bridgehead atoms. The molecule has 5 heteroatoms. The Bertz CT molecular complexity index is 682. The maximum absolute atomic E-state index is 12.7. The molecule has 4 nitrogen and oxygen atoms in total. The van der Waals surface area contributed by atoms with Gasteiger partial charge in [0.05, 0.1) is 10.7 Å². The average molecular weight is 311 g/mol. The van der Waals surface area contributed by atoms with Crippen LogP contribution in [0.1, 0.15) is 12.8 Å². The number of nitrogens with zero attached hydrogens (tertiary/aromatic N) is 2. The summed E-state index contributed by atoms with van der Waals surface area (Å²) in [4.78, 5) is 21.3. The predicted octanol–water partition coefficient (Wildman–Crippen LogP) is 3.06. The summed E-state index contributed by atoms with van der Waals surface area (Å²) in [5.41, 5.74) is 2.04. The minimum atomic E-state index is -0.00795. The Morgan fingerprint density at radius 1 is 1.32 bits per heavy atom. The van der Waals surface area contributed by atoms with Gasteiger partial charge in [-0.15, -0.1) is 11.8 Å². The molecule has 0 saturated carbocycles. The Morgan fingerprint density at radius 3 is 3.05 bits per heavy atom. The smallest absolute Gasteiger partial charge is 0.228 e. The number of amides is 1. The molecule has 1 aromatic heterocycles. The van der Waals surface area contributed by atoms with Crippen molar-refractivity contribution in [2.45, 2.75) is 17.6 Å². The van der Waals surface area contributed by atoms with E-state index in [9.17, 15) is 4.79 Å². The van der Waals surface area contributed by atoms with Gasteiger partial charge in [-0.3, -0.25) is 14.8 Å². The normalized spacial score (nSPS) is 32.1. The molecule has 3 heterocycles. The van der Waals surface area contributed by atoms with Crippen molar-refractivity contribution in [3.63, 3.8) is 0 Å². The second-order valence-corrected chi connectivity index (χ2v) is 7.21. The number of thioether (sulfide) groups is 1. The Balaban J connectivity index is 1.58. The summed E-state index contributed by atoms with van der Waals surface area (Å²) < 4.78 is 0.00372. The minimum Gasteiger partial charge on any atom is -0.326 e. The Labute approximate surface area is 133 Å². The van der Waals surface area contributed by atoms with Crippen molar-refractivity contribution in [2.75, 3.05) is 11.1 Å². The molecule has 2 aliphatic heterocycles. The molecule has 3 atom stereocenters. The van der Waals surface area contributed by atoms with E-state index in [1.165, 1.54) is 5.71 Å². The first-order valence-corrected chi connectivity index (χ1v) is 8.52. The van der Waals surface area contributed by atoms with Gasteiger partial charge in [-0.2, -0.15) is 0 Å². The Kier molecular flexibility index (Phi) is 3.37. The van der Waals surface area contributed by atoms with Gasteiger partial charge in [0.2, 0.25) is 5.91 Å². The van der Waals surface area contributed by atoms with E-state index in [4.69, 9.17) is 0 Å². The van der Waals surface area contributed by atoms with E-state index in [1.54, 1.807) is 12.4 Å². The average Bonchev–Trinajstić information content (AvgIpc) is 2.93. The fourth-order valence-corrected chi connectivity index (χ4v) is 5.35. The van der Waals surface area contributed by atoms with Crippen LogP contribution in [0, 0.1) is 11.8 Å². The van der Waals surface area contributed by atoms with Crippen molar-refractivity contribution in [1.82, 2.24) is 4.98 Å². The van der Waals surface area contributed by atoms with Crippen molar-refractivity contribution >= 4 is 29.1 Å². The molecule has 4 rings (SSSR count). The maximum atomic E-state index is 12.7. The van der Waals surface area contributed by atoms with Gasteiger partial charge >= 0.3 is 0 Å². The van der Waals surface area contributed by atoms with E-state index in [0.29, 0.717) is 0 Å². The molecule has 1 fully saturated rings. The number of hydrogen-bond donors (Lipinski definition) is 1. The van der Waals surface area contributed by atoms with Crippen LogP contribution < -0.4 is 5.32 Å². The highest BCUT2D eigenvalue weighted by atomic mass is 32.2. The van der Waals surface area contributed by atoms with Crippen LogP contribution >= 0.6 is 11.8 Å². The first-order valence-electron chi connectivity index (χ1n) is 7.53. The number of aromatic nitrogens is 1. The Hall–Kier alpha value is -1.88. The molecule has 22 heavy (non-hydrogen) atoms. The third-order valence-electron chi connectivity index (χ3n) is 4.69. The molecule has 1 spiro atoms. The van der Waals surface area contributed by atoms with Crippen molar-refractivity contribution in [1.29, 1.82) is 0 Å². The zero-order valence-corrected chi connectivity index (χ0v) is 12.9. The monoisotopic (exact) mass is 311 g/mol. The summed E-state index contributed by atoms with van der Waals surface area (Å²) in [5, 5.41) is 3.03. The van der Waals surface area contributed by atoms with Gasteiger partial charge in [0.25, 0.3) is 0 Å². The highest BCUT2D eigenvalue weighted by Gasteiger charge is 2.54. The lowest BCUT2D eigenvalue weighted by molar-refractivity contribution is -0.120. The molecule has 0 aromatic carbocycles. The first-order chi connectivity index (χ1) is 10.8. The molecule has 3 unspecified atom stereocenters. The first kappa shape index (κ1) is 13.8. The van der Waals surface area contributed by atoms with Crippen LogP contribution in [0.3, 0.4) is 0 Å². The summed E-state index contributed by atoms with van der Waals surface area (Å²) in [7, 11) is 0. The second-order valence-electron chi connectivity index (χ2n) is 5.85. The van der Waals surface area contributed by atoms with E-state index in [-0.39, 0.29) is 22.5 Å². The summed E-state index contributed by atoms with van der Waals surface area (Å²) in [6.45, 7) is 0. The minimum absolute atomic E-state index is 0.00372. The van der Waals surface area contributed by atoms with Crippen LogP contribution in [0.5, 0.6) is 0 Å². The van der Waals surface area contributed by atoms with Crippen LogP contribution in [-0.4, -0.2) is 27.1 Å². The molecule has 1 aliphatic carbocycles. The summed E-state index contributed by atoms with van der Waals surface area (Å²) >= 11 is 1.90. The number of allylic oxidation sites excluding steroid dienone is 3. The lowest BCUT2D eigenvalue weighted by Gasteiger charge is -2.38. The van der Waals surface area contributed by atoms with Gasteiger partial charge in [0.1, 0.15) is 0 Å². The third kappa shape index (κ3) is 2.11. The van der Waals surface area contributed by atoms with Crippen LogP contribution in [-0.2, 0) is 4.79 Å². The van der Waals surface area contributed by atoms with Crippen molar-refractivity contribution < 1.29 is 4.79 Å². The molecule has 1 N–H and O–H groups in total. The van der Waals surface area contributed by atoms with E-state index in [2.05, 4.69) is 33.5 Å². The number of aliphatic imine (C=N–C) groups is 1. The number of rotatable bonds is 2. The van der Waals surface area contributed by atoms with Crippen LogP contribution in [0.4, 0.5) is 5.69 Å². The molecule has 0 radical (unpaired) electrons. The Morgan fingerprint density at radius 2 is 2.18 bits per heavy atom. The number of pyridine rings is 1. The van der Waals surface area contributed by atoms with E-state index in [0.717, 1.165) is 24.3 Å². The van der Waals surface area contributed by atoms with E-state index < -0.39 is 0 Å². The fourth-order valence-electron chi connectivity index (χ4n) is 3.56.